The third-order valence-corrected chi connectivity index (χ3v) is 4.83. The number of carboxylic acid groups (broad SMARTS) is 1. The van der Waals surface area contributed by atoms with Gasteiger partial charge in [-0.05, 0) is 42.9 Å². The Balaban J connectivity index is 1.63. The smallest absolute Gasteiger partial charge is 0.411 e. The second-order valence-corrected chi connectivity index (χ2v) is 6.66. The molecular formula is C21H23NO4. The van der Waals surface area contributed by atoms with Crippen LogP contribution in [0.25, 0.3) is 11.1 Å². The van der Waals surface area contributed by atoms with E-state index in [1.54, 1.807) is 0 Å². The second kappa shape index (κ2) is 8.04. The number of aliphatic carboxylic acids is 1. The third-order valence-electron chi connectivity index (χ3n) is 4.83. The number of ether oxygens (including phenoxy) is 1. The number of rotatable bonds is 4. The van der Waals surface area contributed by atoms with Gasteiger partial charge in [-0.25, -0.2) is 9.59 Å². The average molecular weight is 353 g/mol. The molecule has 3 rings (SSSR count). The molecule has 0 saturated carbocycles. The number of carboxylic acids is 1. The zero-order chi connectivity index (χ0) is 18.5. The summed E-state index contributed by atoms with van der Waals surface area (Å²) in [6.07, 6.45) is 1.52. The molecule has 2 aromatic rings. The van der Waals surface area contributed by atoms with E-state index in [0.717, 1.165) is 29.5 Å². The first-order chi connectivity index (χ1) is 12.6. The highest BCUT2D eigenvalue weighted by Gasteiger charge is 2.37. The molecular weight excluding hydrogens is 330 g/mol. The Kier molecular flexibility index (Phi) is 5.56. The molecule has 1 amide bonds. The molecule has 1 saturated heterocycles. The quantitative estimate of drug-likeness (QED) is 0.889. The molecule has 5 nitrogen and oxygen atoms in total. The third kappa shape index (κ3) is 4.04. The van der Waals surface area contributed by atoms with E-state index < -0.39 is 18.1 Å². The van der Waals surface area contributed by atoms with Crippen LogP contribution in [0.3, 0.4) is 0 Å². The lowest BCUT2D eigenvalue weighted by atomic mass is 9.97. The number of amides is 1. The van der Waals surface area contributed by atoms with E-state index in [2.05, 4.69) is 0 Å². The molecule has 1 fully saturated rings. The maximum atomic E-state index is 12.4. The fourth-order valence-electron chi connectivity index (χ4n) is 3.39. The summed E-state index contributed by atoms with van der Waals surface area (Å²) in [5.41, 5.74) is 3.09. The van der Waals surface area contributed by atoms with Crippen LogP contribution in [-0.4, -0.2) is 34.2 Å². The van der Waals surface area contributed by atoms with E-state index in [9.17, 15) is 14.7 Å². The van der Waals surface area contributed by atoms with Gasteiger partial charge in [0, 0.05) is 6.04 Å². The highest BCUT2D eigenvalue weighted by molar-refractivity contribution is 5.80. The molecule has 2 aromatic carbocycles. The summed E-state index contributed by atoms with van der Waals surface area (Å²) < 4.78 is 5.39. The summed E-state index contributed by atoms with van der Waals surface area (Å²) in [4.78, 5) is 25.2. The molecule has 0 bridgehead atoms. The Morgan fingerprint density at radius 2 is 1.69 bits per heavy atom. The van der Waals surface area contributed by atoms with Gasteiger partial charge in [-0.1, -0.05) is 54.6 Å². The first-order valence-corrected chi connectivity index (χ1v) is 8.88. The molecule has 5 heteroatoms. The lowest BCUT2D eigenvalue weighted by molar-refractivity contribution is -0.145. The van der Waals surface area contributed by atoms with Gasteiger partial charge >= 0.3 is 12.1 Å². The van der Waals surface area contributed by atoms with Crippen molar-refractivity contribution in [1.29, 1.82) is 0 Å². The van der Waals surface area contributed by atoms with E-state index >= 15 is 0 Å². The van der Waals surface area contributed by atoms with Crippen LogP contribution in [0.15, 0.2) is 54.6 Å². The van der Waals surface area contributed by atoms with Crippen LogP contribution >= 0.6 is 0 Å². The summed E-state index contributed by atoms with van der Waals surface area (Å²) in [6, 6.07) is 16.9. The van der Waals surface area contributed by atoms with Gasteiger partial charge in [0.1, 0.15) is 12.6 Å². The minimum Gasteiger partial charge on any atom is -0.480 e. The SMILES string of the molecule is C[C@@H]1CCC[C@H](C(=O)O)N1C(=O)OCc1ccc(-c2ccccc2)cc1. The number of carbonyl (C=O) groups excluding carboxylic acids is 1. The molecule has 1 N–H and O–H groups in total. The summed E-state index contributed by atoms with van der Waals surface area (Å²) in [5, 5.41) is 9.35. The van der Waals surface area contributed by atoms with E-state index in [1.165, 1.54) is 4.90 Å². The molecule has 0 radical (unpaired) electrons. The molecule has 0 aromatic heterocycles. The van der Waals surface area contributed by atoms with Crippen LogP contribution in [-0.2, 0) is 16.1 Å². The molecule has 1 heterocycles. The molecule has 1 aliphatic rings. The highest BCUT2D eigenvalue weighted by Crippen LogP contribution is 2.24. The van der Waals surface area contributed by atoms with Gasteiger partial charge in [-0.15, -0.1) is 0 Å². The Bertz CT molecular complexity index is 757. The minimum absolute atomic E-state index is 0.127. The van der Waals surface area contributed by atoms with E-state index in [0.29, 0.717) is 6.42 Å². The summed E-state index contributed by atoms with van der Waals surface area (Å²) in [6.45, 7) is 1.99. The van der Waals surface area contributed by atoms with Gasteiger partial charge in [-0.3, -0.25) is 4.90 Å². The van der Waals surface area contributed by atoms with Crippen molar-refractivity contribution in [2.45, 2.75) is 44.9 Å². The lowest BCUT2D eigenvalue weighted by Gasteiger charge is -2.37. The fourth-order valence-corrected chi connectivity index (χ4v) is 3.39. The van der Waals surface area contributed by atoms with Gasteiger partial charge in [0.2, 0.25) is 0 Å². The molecule has 2 atom stereocenters. The molecule has 0 unspecified atom stereocenters. The van der Waals surface area contributed by atoms with Gasteiger partial charge in [0.15, 0.2) is 0 Å². The first-order valence-electron chi connectivity index (χ1n) is 8.88. The standard InChI is InChI=1S/C21H23NO4/c1-15-6-5-9-19(20(23)24)22(15)21(25)26-14-16-10-12-18(13-11-16)17-7-3-2-4-8-17/h2-4,7-8,10-13,15,19H,5-6,9,14H2,1H3,(H,23,24)/t15-,19-/m1/s1. The lowest BCUT2D eigenvalue weighted by Crippen LogP contribution is -2.52. The van der Waals surface area contributed by atoms with Crippen molar-refractivity contribution in [3.63, 3.8) is 0 Å². The first kappa shape index (κ1) is 18.0. The van der Waals surface area contributed by atoms with Crippen LogP contribution in [0.4, 0.5) is 4.79 Å². The van der Waals surface area contributed by atoms with Crippen molar-refractivity contribution in [3.8, 4) is 11.1 Å². The number of piperidine rings is 1. The number of nitrogens with zero attached hydrogens (tertiary/aromatic N) is 1. The van der Waals surface area contributed by atoms with Crippen LogP contribution in [0.2, 0.25) is 0 Å². The topological polar surface area (TPSA) is 66.8 Å². The van der Waals surface area contributed by atoms with Gasteiger partial charge in [0.25, 0.3) is 0 Å². The van der Waals surface area contributed by atoms with Gasteiger partial charge in [0.05, 0.1) is 0 Å². The largest absolute Gasteiger partial charge is 0.480 e. The monoisotopic (exact) mass is 353 g/mol. The Labute approximate surface area is 153 Å². The zero-order valence-electron chi connectivity index (χ0n) is 14.8. The Morgan fingerprint density at radius 1 is 1.04 bits per heavy atom. The predicted molar refractivity (Wildman–Crippen MR) is 98.6 cm³/mol. The number of hydrogen-bond donors (Lipinski definition) is 1. The molecule has 1 aliphatic heterocycles. The predicted octanol–water partition coefficient (Wildman–Crippen LogP) is 4.32. The van der Waals surface area contributed by atoms with Crippen molar-refractivity contribution >= 4 is 12.1 Å². The van der Waals surface area contributed by atoms with Crippen LogP contribution in [0.1, 0.15) is 31.7 Å². The maximum Gasteiger partial charge on any atom is 0.411 e. The fraction of sp³-hybridized carbons (Fsp3) is 0.333. The van der Waals surface area contributed by atoms with Gasteiger partial charge in [-0.2, -0.15) is 0 Å². The summed E-state index contributed by atoms with van der Waals surface area (Å²) in [5.74, 6) is -0.972. The zero-order valence-corrected chi connectivity index (χ0v) is 14.8. The molecule has 0 aliphatic carbocycles. The molecule has 136 valence electrons. The van der Waals surface area contributed by atoms with Crippen LogP contribution < -0.4 is 0 Å². The van der Waals surface area contributed by atoms with E-state index in [-0.39, 0.29) is 12.6 Å². The van der Waals surface area contributed by atoms with Crippen molar-refractivity contribution in [1.82, 2.24) is 4.90 Å². The van der Waals surface area contributed by atoms with E-state index in [4.69, 9.17) is 4.74 Å². The number of carbonyl (C=O) groups is 2. The average Bonchev–Trinajstić information content (AvgIpc) is 2.67. The Hall–Kier alpha value is -2.82. The normalized spacial score (nSPS) is 19.8. The summed E-state index contributed by atoms with van der Waals surface area (Å²) in [7, 11) is 0. The Morgan fingerprint density at radius 3 is 2.35 bits per heavy atom. The van der Waals surface area contributed by atoms with Crippen molar-refractivity contribution < 1.29 is 19.4 Å². The highest BCUT2D eigenvalue weighted by atomic mass is 16.6. The van der Waals surface area contributed by atoms with Crippen LogP contribution in [0.5, 0.6) is 0 Å². The summed E-state index contributed by atoms with van der Waals surface area (Å²) >= 11 is 0. The van der Waals surface area contributed by atoms with E-state index in [1.807, 2.05) is 61.5 Å². The van der Waals surface area contributed by atoms with Crippen LogP contribution in [0, 0.1) is 0 Å². The second-order valence-electron chi connectivity index (χ2n) is 6.66. The maximum absolute atomic E-state index is 12.4. The van der Waals surface area contributed by atoms with Crippen molar-refractivity contribution in [2.75, 3.05) is 0 Å². The van der Waals surface area contributed by atoms with Crippen molar-refractivity contribution in [3.05, 3.63) is 60.2 Å². The number of likely N-dealkylation sites (tertiary alicyclic amines) is 1. The van der Waals surface area contributed by atoms with Crippen molar-refractivity contribution in [2.24, 2.45) is 0 Å². The molecule has 26 heavy (non-hydrogen) atoms. The van der Waals surface area contributed by atoms with Gasteiger partial charge < -0.3 is 9.84 Å². The number of hydrogen-bond acceptors (Lipinski definition) is 3. The number of benzene rings is 2. The minimum atomic E-state index is -0.972. The molecule has 0 spiro atoms.